The number of hydrogen-bond acceptors (Lipinski definition) is 4. The van der Waals surface area contributed by atoms with Crippen LogP contribution in [0.3, 0.4) is 0 Å². The van der Waals surface area contributed by atoms with Crippen LogP contribution in [0.25, 0.3) is 0 Å². The number of ether oxygens (including phenoxy) is 2. The minimum absolute atomic E-state index is 0.229. The number of rotatable bonds is 6. The number of pyridine rings is 1. The van der Waals surface area contributed by atoms with Crippen molar-refractivity contribution < 1.29 is 14.3 Å². The van der Waals surface area contributed by atoms with Crippen LogP contribution in [0.4, 0.5) is 0 Å². The van der Waals surface area contributed by atoms with Gasteiger partial charge in [-0.3, -0.25) is 4.79 Å². The van der Waals surface area contributed by atoms with Crippen molar-refractivity contribution in [2.24, 2.45) is 0 Å². The molecule has 0 aliphatic carbocycles. The Morgan fingerprint density at radius 3 is 2.90 bits per heavy atom. The number of benzene rings is 1. The first-order valence-corrected chi connectivity index (χ1v) is 6.67. The average Bonchev–Trinajstić information content (AvgIpc) is 2.51. The van der Waals surface area contributed by atoms with E-state index in [9.17, 15) is 4.79 Å². The Kier molecular flexibility index (Phi) is 5.15. The highest BCUT2D eigenvalue weighted by Crippen LogP contribution is 2.13. The highest BCUT2D eigenvalue weighted by molar-refractivity contribution is 5.96. The average molecular weight is 286 g/mol. The molecule has 1 amide bonds. The smallest absolute Gasteiger partial charge is 0.256 e. The predicted molar refractivity (Wildman–Crippen MR) is 79.8 cm³/mol. The zero-order valence-corrected chi connectivity index (χ0v) is 12.1. The number of hydrogen-bond donors (Lipinski definition) is 1. The van der Waals surface area contributed by atoms with Crippen LogP contribution in [0.1, 0.15) is 15.9 Å². The molecule has 0 saturated carbocycles. The summed E-state index contributed by atoms with van der Waals surface area (Å²) in [5, 5.41) is 2.77. The Labute approximate surface area is 123 Å². The third kappa shape index (κ3) is 4.21. The number of amides is 1. The van der Waals surface area contributed by atoms with Crippen LogP contribution in [0, 0.1) is 6.92 Å². The van der Waals surface area contributed by atoms with E-state index in [1.54, 1.807) is 18.3 Å². The molecule has 0 fully saturated rings. The molecule has 21 heavy (non-hydrogen) atoms. The number of aromatic nitrogens is 1. The van der Waals surface area contributed by atoms with E-state index in [2.05, 4.69) is 10.3 Å². The van der Waals surface area contributed by atoms with Crippen molar-refractivity contribution in [1.82, 2.24) is 10.3 Å². The number of carbonyl (C=O) groups is 1. The summed E-state index contributed by atoms with van der Waals surface area (Å²) in [6, 6.07) is 11.1. The molecule has 1 aromatic carbocycles. The van der Waals surface area contributed by atoms with E-state index < -0.39 is 0 Å². The topological polar surface area (TPSA) is 60.5 Å². The lowest BCUT2D eigenvalue weighted by molar-refractivity contribution is 0.0943. The fourth-order valence-electron chi connectivity index (χ4n) is 1.86. The quantitative estimate of drug-likeness (QED) is 0.827. The van der Waals surface area contributed by atoms with Crippen molar-refractivity contribution in [3.05, 3.63) is 53.7 Å². The molecular formula is C16H18N2O3. The molecule has 0 radical (unpaired) electrons. The second kappa shape index (κ2) is 7.28. The third-order valence-electron chi connectivity index (χ3n) is 2.86. The van der Waals surface area contributed by atoms with Crippen molar-refractivity contribution in [3.63, 3.8) is 0 Å². The summed E-state index contributed by atoms with van der Waals surface area (Å²) in [5.41, 5.74) is 1.55. The van der Waals surface area contributed by atoms with Gasteiger partial charge in [-0.25, -0.2) is 4.98 Å². The van der Waals surface area contributed by atoms with Crippen LogP contribution in [-0.2, 0) is 0 Å². The summed E-state index contributed by atoms with van der Waals surface area (Å²) in [6.45, 7) is 2.81. The van der Waals surface area contributed by atoms with Gasteiger partial charge in [0.15, 0.2) is 0 Å². The molecule has 0 aliphatic heterocycles. The van der Waals surface area contributed by atoms with E-state index in [1.807, 2.05) is 31.2 Å². The van der Waals surface area contributed by atoms with E-state index in [1.165, 1.54) is 7.11 Å². The van der Waals surface area contributed by atoms with E-state index >= 15 is 0 Å². The Bertz CT molecular complexity index is 614. The van der Waals surface area contributed by atoms with Gasteiger partial charge >= 0.3 is 0 Å². The van der Waals surface area contributed by atoms with Crippen molar-refractivity contribution in [2.45, 2.75) is 6.92 Å². The monoisotopic (exact) mass is 286 g/mol. The van der Waals surface area contributed by atoms with Crippen LogP contribution in [0.15, 0.2) is 42.6 Å². The zero-order valence-electron chi connectivity index (χ0n) is 12.1. The minimum Gasteiger partial charge on any atom is -0.492 e. The summed E-state index contributed by atoms with van der Waals surface area (Å²) >= 11 is 0. The zero-order chi connectivity index (χ0) is 15.1. The fourth-order valence-corrected chi connectivity index (χ4v) is 1.86. The number of nitrogens with zero attached hydrogens (tertiary/aromatic N) is 1. The van der Waals surface area contributed by atoms with Crippen molar-refractivity contribution in [1.29, 1.82) is 0 Å². The second-order valence-electron chi connectivity index (χ2n) is 4.48. The van der Waals surface area contributed by atoms with Gasteiger partial charge in [0.1, 0.15) is 17.9 Å². The largest absolute Gasteiger partial charge is 0.492 e. The molecule has 2 aromatic rings. The molecule has 0 bridgehead atoms. The van der Waals surface area contributed by atoms with Crippen LogP contribution in [0.5, 0.6) is 11.6 Å². The molecule has 0 unspecified atom stereocenters. The lowest BCUT2D eigenvalue weighted by atomic mass is 10.2. The van der Waals surface area contributed by atoms with Crippen LogP contribution >= 0.6 is 0 Å². The minimum atomic E-state index is -0.229. The van der Waals surface area contributed by atoms with Gasteiger partial charge in [0.2, 0.25) is 5.88 Å². The SMILES string of the molecule is COc1ncccc1C(=O)NCCOc1cccc(C)c1. The van der Waals surface area contributed by atoms with Gasteiger partial charge < -0.3 is 14.8 Å². The van der Waals surface area contributed by atoms with Gasteiger partial charge in [-0.1, -0.05) is 12.1 Å². The lowest BCUT2D eigenvalue weighted by Gasteiger charge is -2.09. The first-order valence-electron chi connectivity index (χ1n) is 6.67. The Balaban J connectivity index is 1.82. The highest BCUT2D eigenvalue weighted by atomic mass is 16.5. The maximum Gasteiger partial charge on any atom is 0.256 e. The normalized spacial score (nSPS) is 10.0. The lowest BCUT2D eigenvalue weighted by Crippen LogP contribution is -2.28. The second-order valence-corrected chi connectivity index (χ2v) is 4.48. The molecule has 110 valence electrons. The number of methoxy groups -OCH3 is 1. The molecule has 1 aromatic heterocycles. The third-order valence-corrected chi connectivity index (χ3v) is 2.86. The van der Waals surface area contributed by atoms with E-state index in [-0.39, 0.29) is 5.91 Å². The van der Waals surface area contributed by atoms with Gasteiger partial charge in [-0.05, 0) is 36.8 Å². The van der Waals surface area contributed by atoms with Gasteiger partial charge in [-0.15, -0.1) is 0 Å². The number of nitrogens with one attached hydrogen (secondary N) is 1. The molecular weight excluding hydrogens is 268 g/mol. The molecule has 0 aliphatic rings. The van der Waals surface area contributed by atoms with Crippen LogP contribution in [0.2, 0.25) is 0 Å². The first-order chi connectivity index (χ1) is 10.2. The van der Waals surface area contributed by atoms with Crippen molar-refractivity contribution >= 4 is 5.91 Å². The summed E-state index contributed by atoms with van der Waals surface area (Å²) in [7, 11) is 1.49. The van der Waals surface area contributed by atoms with E-state index in [4.69, 9.17) is 9.47 Å². The molecule has 1 N–H and O–H groups in total. The Hall–Kier alpha value is -2.56. The predicted octanol–water partition coefficient (Wildman–Crippen LogP) is 2.21. The summed E-state index contributed by atoms with van der Waals surface area (Å²) < 4.78 is 10.6. The molecule has 0 atom stereocenters. The fraction of sp³-hybridized carbons (Fsp3) is 0.250. The Morgan fingerprint density at radius 2 is 2.14 bits per heavy atom. The van der Waals surface area contributed by atoms with Gasteiger partial charge in [0, 0.05) is 6.20 Å². The van der Waals surface area contributed by atoms with Gasteiger partial charge in [0.25, 0.3) is 5.91 Å². The number of carbonyl (C=O) groups excluding carboxylic acids is 1. The molecule has 0 spiro atoms. The summed E-state index contributed by atoms with van der Waals surface area (Å²) in [5.74, 6) is 0.880. The van der Waals surface area contributed by atoms with E-state index in [0.29, 0.717) is 24.6 Å². The highest BCUT2D eigenvalue weighted by Gasteiger charge is 2.11. The van der Waals surface area contributed by atoms with Gasteiger partial charge in [-0.2, -0.15) is 0 Å². The molecule has 5 nitrogen and oxygen atoms in total. The van der Waals surface area contributed by atoms with E-state index in [0.717, 1.165) is 11.3 Å². The Morgan fingerprint density at radius 1 is 1.29 bits per heavy atom. The molecule has 1 heterocycles. The van der Waals surface area contributed by atoms with Crippen molar-refractivity contribution in [2.75, 3.05) is 20.3 Å². The number of aryl methyl sites for hydroxylation is 1. The molecule has 2 rings (SSSR count). The van der Waals surface area contributed by atoms with Gasteiger partial charge in [0.05, 0.1) is 13.7 Å². The standard InChI is InChI=1S/C16H18N2O3/c1-12-5-3-6-13(11-12)21-10-9-17-15(19)14-7-4-8-18-16(14)20-2/h3-8,11H,9-10H2,1-2H3,(H,17,19). The summed E-state index contributed by atoms with van der Waals surface area (Å²) in [6.07, 6.45) is 1.58. The van der Waals surface area contributed by atoms with Crippen molar-refractivity contribution in [3.8, 4) is 11.6 Å². The van der Waals surface area contributed by atoms with Crippen LogP contribution < -0.4 is 14.8 Å². The maximum absolute atomic E-state index is 12.0. The van der Waals surface area contributed by atoms with Crippen LogP contribution in [-0.4, -0.2) is 31.2 Å². The molecule has 5 heteroatoms. The maximum atomic E-state index is 12.0. The summed E-state index contributed by atoms with van der Waals surface area (Å²) in [4.78, 5) is 16.0. The molecule has 0 saturated heterocycles. The first kappa shape index (κ1) is 14.8.